The maximum atomic E-state index is 11.2. The van der Waals surface area contributed by atoms with Crippen LogP contribution in [-0.2, 0) is 9.59 Å². The lowest BCUT2D eigenvalue weighted by molar-refractivity contribution is -0.122. The van der Waals surface area contributed by atoms with Gasteiger partial charge >= 0.3 is 0 Å². The van der Waals surface area contributed by atoms with E-state index >= 15 is 0 Å². The molecule has 0 aromatic rings. The molecule has 0 heterocycles. The standard InChI is InChI=1S/C10H19NO2.C2H6/c1-4-9(12)5-8(11)6-10(13)7(2)3;1-2/h7-8H,4-6,11H2,1-3H3;1-2H3. The first kappa shape index (κ1) is 16.7. The summed E-state index contributed by atoms with van der Waals surface area (Å²) in [5.74, 6) is 0.281. The SMILES string of the molecule is CC.CCC(=O)CC(N)CC(=O)C(C)C. The van der Waals surface area contributed by atoms with E-state index in [0.29, 0.717) is 19.3 Å². The van der Waals surface area contributed by atoms with Crippen molar-refractivity contribution in [2.75, 3.05) is 0 Å². The van der Waals surface area contributed by atoms with Gasteiger partial charge in [-0.15, -0.1) is 0 Å². The largest absolute Gasteiger partial charge is 0.327 e. The minimum absolute atomic E-state index is 0.0165. The lowest BCUT2D eigenvalue weighted by Crippen LogP contribution is -2.28. The molecule has 0 fully saturated rings. The number of carbonyl (C=O) groups excluding carboxylic acids is 2. The van der Waals surface area contributed by atoms with Crippen molar-refractivity contribution in [1.29, 1.82) is 0 Å². The molecule has 1 atom stereocenters. The number of hydrogen-bond donors (Lipinski definition) is 1. The summed E-state index contributed by atoms with van der Waals surface area (Å²) in [7, 11) is 0. The van der Waals surface area contributed by atoms with Crippen molar-refractivity contribution < 1.29 is 9.59 Å². The Morgan fingerprint density at radius 2 is 1.60 bits per heavy atom. The monoisotopic (exact) mass is 215 g/mol. The van der Waals surface area contributed by atoms with Crippen LogP contribution in [0.5, 0.6) is 0 Å². The fourth-order valence-electron chi connectivity index (χ4n) is 1.00. The Morgan fingerprint density at radius 1 is 1.13 bits per heavy atom. The summed E-state index contributed by atoms with van der Waals surface area (Å²) in [6.45, 7) is 9.49. The molecule has 0 aromatic heterocycles. The summed E-state index contributed by atoms with van der Waals surface area (Å²) < 4.78 is 0. The number of ketones is 2. The van der Waals surface area contributed by atoms with Gasteiger partial charge < -0.3 is 5.73 Å². The molecule has 0 radical (unpaired) electrons. The summed E-state index contributed by atoms with van der Waals surface area (Å²) in [5.41, 5.74) is 5.65. The Morgan fingerprint density at radius 3 is 1.93 bits per heavy atom. The van der Waals surface area contributed by atoms with Crippen molar-refractivity contribution in [3.8, 4) is 0 Å². The fourth-order valence-corrected chi connectivity index (χ4v) is 1.00. The molecular weight excluding hydrogens is 190 g/mol. The van der Waals surface area contributed by atoms with Gasteiger partial charge in [0, 0.05) is 31.2 Å². The highest BCUT2D eigenvalue weighted by atomic mass is 16.1. The smallest absolute Gasteiger partial charge is 0.136 e. The molecular formula is C12H25NO2. The van der Waals surface area contributed by atoms with Gasteiger partial charge in [0.2, 0.25) is 0 Å². The van der Waals surface area contributed by atoms with Crippen LogP contribution in [0.25, 0.3) is 0 Å². The van der Waals surface area contributed by atoms with E-state index < -0.39 is 0 Å². The minimum Gasteiger partial charge on any atom is -0.327 e. The van der Waals surface area contributed by atoms with E-state index in [0.717, 1.165) is 0 Å². The first-order valence-corrected chi connectivity index (χ1v) is 5.77. The maximum Gasteiger partial charge on any atom is 0.136 e. The van der Waals surface area contributed by atoms with Crippen molar-refractivity contribution in [2.24, 2.45) is 11.7 Å². The fraction of sp³-hybridized carbons (Fsp3) is 0.833. The Kier molecular flexibility index (Phi) is 11.0. The third-order valence-electron chi connectivity index (χ3n) is 1.99. The number of Topliss-reactive ketones (excluding diaryl/α,β-unsaturated/α-hetero) is 2. The van der Waals surface area contributed by atoms with Gasteiger partial charge in [-0.3, -0.25) is 9.59 Å². The molecule has 3 nitrogen and oxygen atoms in total. The van der Waals surface area contributed by atoms with Crippen molar-refractivity contribution in [2.45, 2.75) is 59.9 Å². The molecule has 0 aliphatic rings. The normalized spacial score (nSPS) is 11.7. The molecule has 1 unspecified atom stereocenters. The van der Waals surface area contributed by atoms with E-state index in [1.54, 1.807) is 6.92 Å². The Labute approximate surface area is 93.4 Å². The molecule has 0 saturated heterocycles. The number of rotatable bonds is 6. The topological polar surface area (TPSA) is 60.2 Å². The van der Waals surface area contributed by atoms with Crippen molar-refractivity contribution in [3.63, 3.8) is 0 Å². The summed E-state index contributed by atoms with van der Waals surface area (Å²) in [4.78, 5) is 22.2. The molecule has 2 N–H and O–H groups in total. The van der Waals surface area contributed by atoms with Crippen molar-refractivity contribution in [3.05, 3.63) is 0 Å². The van der Waals surface area contributed by atoms with Crippen LogP contribution >= 0.6 is 0 Å². The molecule has 90 valence electrons. The van der Waals surface area contributed by atoms with E-state index in [-0.39, 0.29) is 23.5 Å². The molecule has 0 aromatic carbocycles. The molecule has 0 rings (SSSR count). The molecule has 0 aliphatic heterocycles. The third-order valence-corrected chi connectivity index (χ3v) is 1.99. The van der Waals surface area contributed by atoms with Crippen LogP contribution in [-0.4, -0.2) is 17.6 Å². The zero-order valence-corrected chi connectivity index (χ0v) is 10.7. The molecule has 0 aliphatic carbocycles. The molecule has 3 heteroatoms. The van der Waals surface area contributed by atoms with Crippen LogP contribution in [0.2, 0.25) is 0 Å². The van der Waals surface area contributed by atoms with Crippen LogP contribution in [0.15, 0.2) is 0 Å². The minimum atomic E-state index is -0.289. The molecule has 0 saturated carbocycles. The highest BCUT2D eigenvalue weighted by Crippen LogP contribution is 2.04. The summed E-state index contributed by atoms with van der Waals surface area (Å²) in [6, 6.07) is -0.289. The zero-order chi connectivity index (χ0) is 12.4. The Bertz CT molecular complexity index is 188. The molecule has 15 heavy (non-hydrogen) atoms. The average molecular weight is 215 g/mol. The van der Waals surface area contributed by atoms with Gasteiger partial charge in [0.25, 0.3) is 0 Å². The number of hydrogen-bond acceptors (Lipinski definition) is 3. The predicted molar refractivity (Wildman–Crippen MR) is 63.7 cm³/mol. The van der Waals surface area contributed by atoms with Crippen LogP contribution in [0.3, 0.4) is 0 Å². The van der Waals surface area contributed by atoms with Crippen molar-refractivity contribution in [1.82, 2.24) is 0 Å². The molecule has 0 bridgehead atoms. The lowest BCUT2D eigenvalue weighted by atomic mass is 9.98. The molecule has 0 spiro atoms. The molecule has 0 amide bonds. The van der Waals surface area contributed by atoms with Gasteiger partial charge in [-0.05, 0) is 0 Å². The van der Waals surface area contributed by atoms with Crippen LogP contribution in [0, 0.1) is 5.92 Å². The van der Waals surface area contributed by atoms with Gasteiger partial charge in [-0.1, -0.05) is 34.6 Å². The highest BCUT2D eigenvalue weighted by molar-refractivity contribution is 5.83. The van der Waals surface area contributed by atoms with E-state index in [2.05, 4.69) is 0 Å². The van der Waals surface area contributed by atoms with Crippen LogP contribution in [0.4, 0.5) is 0 Å². The van der Waals surface area contributed by atoms with Crippen LogP contribution < -0.4 is 5.73 Å². The summed E-state index contributed by atoms with van der Waals surface area (Å²) in [5, 5.41) is 0. The van der Waals surface area contributed by atoms with Gasteiger partial charge in [0.05, 0.1) is 0 Å². The van der Waals surface area contributed by atoms with E-state index in [9.17, 15) is 9.59 Å². The maximum absolute atomic E-state index is 11.2. The summed E-state index contributed by atoms with van der Waals surface area (Å²) in [6.07, 6.45) is 1.15. The first-order valence-electron chi connectivity index (χ1n) is 5.77. The van der Waals surface area contributed by atoms with Gasteiger partial charge in [0.15, 0.2) is 0 Å². The van der Waals surface area contributed by atoms with Gasteiger partial charge in [-0.25, -0.2) is 0 Å². The van der Waals surface area contributed by atoms with Crippen molar-refractivity contribution >= 4 is 11.6 Å². The number of carbonyl (C=O) groups is 2. The average Bonchev–Trinajstić information content (AvgIpc) is 2.20. The Hall–Kier alpha value is -0.700. The van der Waals surface area contributed by atoms with Gasteiger partial charge in [0.1, 0.15) is 11.6 Å². The quantitative estimate of drug-likeness (QED) is 0.739. The van der Waals surface area contributed by atoms with E-state index in [1.165, 1.54) is 0 Å². The number of nitrogens with two attached hydrogens (primary N) is 1. The van der Waals surface area contributed by atoms with Gasteiger partial charge in [-0.2, -0.15) is 0 Å². The second-order valence-electron chi connectivity index (χ2n) is 3.68. The second kappa shape index (κ2) is 9.84. The lowest BCUT2D eigenvalue weighted by Gasteiger charge is -2.10. The highest BCUT2D eigenvalue weighted by Gasteiger charge is 2.14. The first-order chi connectivity index (χ1) is 6.97. The summed E-state index contributed by atoms with van der Waals surface area (Å²) >= 11 is 0. The van der Waals surface area contributed by atoms with Crippen LogP contribution in [0.1, 0.15) is 53.9 Å². The van der Waals surface area contributed by atoms with E-state index in [4.69, 9.17) is 5.73 Å². The van der Waals surface area contributed by atoms with E-state index in [1.807, 2.05) is 27.7 Å². The third kappa shape index (κ3) is 9.60. The Balaban J connectivity index is 0. The second-order valence-corrected chi connectivity index (χ2v) is 3.68. The zero-order valence-electron chi connectivity index (χ0n) is 10.7. The predicted octanol–water partition coefficient (Wildman–Crippen LogP) is 2.32.